The van der Waals surface area contributed by atoms with Crippen molar-refractivity contribution in [3.05, 3.63) is 39.3 Å². The maximum Gasteiger partial charge on any atom is 0.0756 e. The van der Waals surface area contributed by atoms with Gasteiger partial charge in [-0.25, -0.2) is 0 Å². The van der Waals surface area contributed by atoms with Gasteiger partial charge in [0.2, 0.25) is 0 Å². The van der Waals surface area contributed by atoms with E-state index in [0.29, 0.717) is 0 Å². The van der Waals surface area contributed by atoms with Crippen LogP contribution in [0.25, 0.3) is 0 Å². The molecule has 3 nitrogen and oxygen atoms in total. The molecule has 2 aromatic heterocycles. The largest absolute Gasteiger partial charge is 0.308 e. The van der Waals surface area contributed by atoms with Crippen molar-refractivity contribution < 1.29 is 0 Å². The maximum atomic E-state index is 4.64. The molecule has 0 aliphatic carbocycles. The van der Waals surface area contributed by atoms with E-state index in [9.17, 15) is 0 Å². The summed E-state index contributed by atoms with van der Waals surface area (Å²) in [6.45, 7) is 7.38. The van der Waals surface area contributed by atoms with Gasteiger partial charge in [0.1, 0.15) is 0 Å². The third-order valence-corrected chi connectivity index (χ3v) is 4.18. The van der Waals surface area contributed by atoms with Crippen LogP contribution in [0.5, 0.6) is 0 Å². The molecule has 0 aromatic carbocycles. The first kappa shape index (κ1) is 13.3. The molecule has 4 heteroatoms. The molecule has 98 valence electrons. The lowest BCUT2D eigenvalue weighted by molar-refractivity contribution is 0.560. The summed E-state index contributed by atoms with van der Waals surface area (Å²) in [5.41, 5.74) is 3.79. The lowest BCUT2D eigenvalue weighted by atomic mass is 10.0. The molecule has 0 fully saturated rings. The number of thiophene rings is 1. The summed E-state index contributed by atoms with van der Waals surface area (Å²) in [5, 5.41) is 10.2. The monoisotopic (exact) mass is 263 g/mol. The normalized spacial score (nSPS) is 12.9. The summed E-state index contributed by atoms with van der Waals surface area (Å²) in [6.07, 6.45) is 0.985. The minimum Gasteiger partial charge on any atom is -0.308 e. The minimum absolute atomic E-state index is 0.240. The summed E-state index contributed by atoms with van der Waals surface area (Å²) in [5.74, 6) is 0. The second-order valence-electron chi connectivity index (χ2n) is 4.38. The summed E-state index contributed by atoms with van der Waals surface area (Å²) in [4.78, 5) is 1.37. The standard InChI is InChI=1S/C14H21N3S/c1-5-11-9-13(17(6-2)16-11)14(15-4)12-7-8-18-10(12)3/h7-9,14-15H,5-6H2,1-4H3. The Kier molecular flexibility index (Phi) is 4.19. The van der Waals surface area contributed by atoms with Gasteiger partial charge in [0.15, 0.2) is 0 Å². The zero-order chi connectivity index (χ0) is 13.1. The van der Waals surface area contributed by atoms with Crippen LogP contribution in [-0.4, -0.2) is 16.8 Å². The molecule has 1 N–H and O–H groups in total. The highest BCUT2D eigenvalue weighted by Crippen LogP contribution is 2.28. The second-order valence-corrected chi connectivity index (χ2v) is 5.50. The van der Waals surface area contributed by atoms with Crippen molar-refractivity contribution in [3.63, 3.8) is 0 Å². The predicted octanol–water partition coefficient (Wildman–Crippen LogP) is 3.14. The second kappa shape index (κ2) is 5.67. The van der Waals surface area contributed by atoms with Gasteiger partial charge < -0.3 is 5.32 Å². The van der Waals surface area contributed by atoms with Crippen LogP contribution in [0.2, 0.25) is 0 Å². The van der Waals surface area contributed by atoms with Crippen molar-refractivity contribution in [1.29, 1.82) is 0 Å². The summed E-state index contributed by atoms with van der Waals surface area (Å²) in [6, 6.07) is 4.67. The molecular weight excluding hydrogens is 242 g/mol. The Morgan fingerprint density at radius 1 is 1.44 bits per heavy atom. The predicted molar refractivity (Wildman–Crippen MR) is 77.2 cm³/mol. The molecule has 0 bridgehead atoms. The van der Waals surface area contributed by atoms with Gasteiger partial charge in [-0.15, -0.1) is 11.3 Å². The molecule has 2 heterocycles. The van der Waals surface area contributed by atoms with Crippen molar-refractivity contribution in [2.24, 2.45) is 0 Å². The van der Waals surface area contributed by atoms with Gasteiger partial charge in [0, 0.05) is 11.4 Å². The first-order valence-corrected chi connectivity index (χ1v) is 7.37. The first-order valence-electron chi connectivity index (χ1n) is 6.49. The fourth-order valence-electron chi connectivity index (χ4n) is 2.30. The van der Waals surface area contributed by atoms with Crippen molar-refractivity contribution in [2.75, 3.05) is 7.05 Å². The first-order chi connectivity index (χ1) is 8.71. The quantitative estimate of drug-likeness (QED) is 0.898. The number of hydrogen-bond donors (Lipinski definition) is 1. The summed E-state index contributed by atoms with van der Waals surface area (Å²) < 4.78 is 2.11. The van der Waals surface area contributed by atoms with Gasteiger partial charge in [-0.05, 0) is 50.4 Å². The van der Waals surface area contributed by atoms with Gasteiger partial charge in [-0.3, -0.25) is 4.68 Å². The zero-order valence-electron chi connectivity index (χ0n) is 11.5. The van der Waals surface area contributed by atoms with Gasteiger partial charge >= 0.3 is 0 Å². The average molecular weight is 263 g/mol. The molecule has 0 saturated heterocycles. The Hall–Kier alpha value is -1.13. The Morgan fingerprint density at radius 3 is 2.72 bits per heavy atom. The molecule has 0 aliphatic rings. The van der Waals surface area contributed by atoms with Gasteiger partial charge in [-0.2, -0.15) is 5.10 Å². The number of nitrogens with one attached hydrogen (secondary N) is 1. The van der Waals surface area contributed by atoms with Crippen LogP contribution < -0.4 is 5.32 Å². The average Bonchev–Trinajstić information content (AvgIpc) is 2.98. The van der Waals surface area contributed by atoms with Crippen molar-refractivity contribution >= 4 is 11.3 Å². The van der Waals surface area contributed by atoms with E-state index in [1.54, 1.807) is 11.3 Å². The van der Waals surface area contributed by atoms with Crippen LogP contribution in [0.15, 0.2) is 17.5 Å². The molecule has 2 aromatic rings. The van der Waals surface area contributed by atoms with E-state index in [1.807, 2.05) is 7.05 Å². The molecule has 0 radical (unpaired) electrons. The molecule has 0 saturated carbocycles. The van der Waals surface area contributed by atoms with E-state index >= 15 is 0 Å². The van der Waals surface area contributed by atoms with Gasteiger partial charge in [-0.1, -0.05) is 6.92 Å². The van der Waals surface area contributed by atoms with E-state index in [0.717, 1.165) is 13.0 Å². The van der Waals surface area contributed by atoms with Gasteiger partial charge in [0.05, 0.1) is 17.4 Å². The van der Waals surface area contributed by atoms with Crippen molar-refractivity contribution in [1.82, 2.24) is 15.1 Å². The van der Waals surface area contributed by atoms with Crippen LogP contribution in [0.3, 0.4) is 0 Å². The third-order valence-electron chi connectivity index (χ3n) is 3.32. The van der Waals surface area contributed by atoms with E-state index in [4.69, 9.17) is 0 Å². The number of hydrogen-bond acceptors (Lipinski definition) is 3. The summed E-state index contributed by atoms with van der Waals surface area (Å²) in [7, 11) is 2.01. The van der Waals surface area contributed by atoms with Crippen LogP contribution in [-0.2, 0) is 13.0 Å². The number of rotatable bonds is 5. The Morgan fingerprint density at radius 2 is 2.22 bits per heavy atom. The fraction of sp³-hybridized carbons (Fsp3) is 0.500. The van der Waals surface area contributed by atoms with E-state index in [2.05, 4.69) is 53.4 Å². The molecule has 0 amide bonds. The van der Waals surface area contributed by atoms with Gasteiger partial charge in [0.25, 0.3) is 0 Å². The number of nitrogens with zero attached hydrogens (tertiary/aromatic N) is 2. The number of aromatic nitrogens is 2. The zero-order valence-corrected chi connectivity index (χ0v) is 12.3. The lowest BCUT2D eigenvalue weighted by Crippen LogP contribution is -2.21. The third kappa shape index (κ3) is 2.35. The van der Waals surface area contributed by atoms with E-state index in [-0.39, 0.29) is 6.04 Å². The highest BCUT2D eigenvalue weighted by molar-refractivity contribution is 7.10. The van der Waals surface area contributed by atoms with Crippen LogP contribution in [0.1, 0.15) is 41.7 Å². The van der Waals surface area contributed by atoms with Crippen molar-refractivity contribution in [3.8, 4) is 0 Å². The maximum absolute atomic E-state index is 4.64. The topological polar surface area (TPSA) is 29.9 Å². The molecule has 18 heavy (non-hydrogen) atoms. The number of aryl methyl sites for hydroxylation is 3. The minimum atomic E-state index is 0.240. The highest BCUT2D eigenvalue weighted by Gasteiger charge is 2.19. The smallest absolute Gasteiger partial charge is 0.0756 e. The fourth-order valence-corrected chi connectivity index (χ4v) is 3.04. The van der Waals surface area contributed by atoms with E-state index < -0.39 is 0 Å². The molecular formula is C14H21N3S. The molecule has 0 spiro atoms. The summed E-state index contributed by atoms with van der Waals surface area (Å²) >= 11 is 1.80. The molecule has 2 rings (SSSR count). The van der Waals surface area contributed by atoms with Crippen LogP contribution >= 0.6 is 11.3 Å². The Bertz CT molecular complexity index is 513. The lowest BCUT2D eigenvalue weighted by Gasteiger charge is -2.17. The van der Waals surface area contributed by atoms with Crippen LogP contribution in [0, 0.1) is 6.92 Å². The van der Waals surface area contributed by atoms with Crippen molar-refractivity contribution in [2.45, 2.75) is 39.8 Å². The molecule has 1 unspecified atom stereocenters. The molecule has 0 aliphatic heterocycles. The Labute approximate surface area is 113 Å². The highest BCUT2D eigenvalue weighted by atomic mass is 32.1. The van der Waals surface area contributed by atoms with Crippen LogP contribution in [0.4, 0.5) is 0 Å². The SMILES string of the molecule is CCc1cc(C(NC)c2ccsc2C)n(CC)n1. The Balaban J connectivity index is 2.44. The molecule has 1 atom stereocenters. The van der Waals surface area contributed by atoms with E-state index in [1.165, 1.54) is 21.8 Å².